The van der Waals surface area contributed by atoms with E-state index in [2.05, 4.69) is 28.2 Å². The third-order valence-corrected chi connectivity index (χ3v) is 3.71. The average molecular weight is 357 g/mol. The van der Waals surface area contributed by atoms with E-state index in [9.17, 15) is 4.79 Å². The summed E-state index contributed by atoms with van der Waals surface area (Å²) < 4.78 is 6.68. The fourth-order valence-electron chi connectivity index (χ4n) is 1.96. The summed E-state index contributed by atoms with van der Waals surface area (Å²) in [5.74, 6) is 0.553. The number of ether oxygens (including phenoxy) is 1. The molecule has 1 amide bonds. The van der Waals surface area contributed by atoms with Crippen LogP contribution in [0, 0.1) is 0 Å². The normalized spacial score (nSPS) is 13.6. The minimum Gasteiger partial charge on any atom is -0.481 e. The summed E-state index contributed by atoms with van der Waals surface area (Å²) in [6.45, 7) is 6.47. The largest absolute Gasteiger partial charge is 0.481 e. The lowest BCUT2D eigenvalue weighted by Gasteiger charge is -2.19. The average Bonchev–Trinajstić information content (AvgIpc) is 2.43. The number of unbranched alkanes of at least 4 members (excludes halogenated alkanes) is 2. The van der Waals surface area contributed by atoms with Crippen molar-refractivity contribution in [3.05, 3.63) is 28.2 Å². The van der Waals surface area contributed by atoms with E-state index in [1.165, 1.54) is 0 Å². The van der Waals surface area contributed by atoms with Crippen LogP contribution in [0.4, 0.5) is 0 Å². The van der Waals surface area contributed by atoms with E-state index in [0.29, 0.717) is 12.3 Å². The van der Waals surface area contributed by atoms with Crippen LogP contribution in [0.2, 0.25) is 0 Å². The molecule has 0 bridgehead atoms. The number of nitrogens with two attached hydrogens (primary N) is 1. The fraction of sp³-hybridized carbons (Fsp3) is 0.562. The summed E-state index contributed by atoms with van der Waals surface area (Å²) in [4.78, 5) is 12.0. The molecule has 0 fully saturated rings. The summed E-state index contributed by atoms with van der Waals surface area (Å²) in [6, 6.07) is 5.53. The summed E-state index contributed by atoms with van der Waals surface area (Å²) in [6.07, 6.45) is 2.71. The smallest absolute Gasteiger partial charge is 0.260 e. The molecule has 0 saturated heterocycles. The van der Waals surface area contributed by atoms with Gasteiger partial charge in [-0.05, 0) is 32.4 Å². The van der Waals surface area contributed by atoms with Crippen LogP contribution in [0.15, 0.2) is 22.7 Å². The van der Waals surface area contributed by atoms with Gasteiger partial charge in [0, 0.05) is 22.6 Å². The van der Waals surface area contributed by atoms with E-state index in [4.69, 9.17) is 10.5 Å². The molecule has 0 spiro atoms. The number of hydrogen-bond acceptors (Lipinski definition) is 3. The van der Waals surface area contributed by atoms with Crippen LogP contribution in [0.5, 0.6) is 5.75 Å². The van der Waals surface area contributed by atoms with E-state index >= 15 is 0 Å². The van der Waals surface area contributed by atoms with Crippen LogP contribution in [0.1, 0.15) is 51.6 Å². The van der Waals surface area contributed by atoms with E-state index < -0.39 is 6.10 Å². The Morgan fingerprint density at radius 1 is 1.38 bits per heavy atom. The van der Waals surface area contributed by atoms with Crippen LogP contribution in [-0.2, 0) is 4.79 Å². The molecule has 4 nitrogen and oxygen atoms in total. The molecular formula is C16H25BrN2O2. The van der Waals surface area contributed by atoms with Crippen LogP contribution < -0.4 is 15.8 Å². The van der Waals surface area contributed by atoms with Gasteiger partial charge in [-0.15, -0.1) is 0 Å². The van der Waals surface area contributed by atoms with E-state index in [1.54, 1.807) is 6.92 Å². The maximum atomic E-state index is 12.0. The first-order valence-corrected chi connectivity index (χ1v) is 8.24. The molecule has 118 valence electrons. The van der Waals surface area contributed by atoms with Crippen LogP contribution in [0.25, 0.3) is 0 Å². The van der Waals surface area contributed by atoms with Gasteiger partial charge in [-0.1, -0.05) is 41.8 Å². The van der Waals surface area contributed by atoms with Crippen molar-refractivity contribution in [1.29, 1.82) is 0 Å². The molecule has 0 aromatic heterocycles. The lowest BCUT2D eigenvalue weighted by molar-refractivity contribution is -0.127. The SMILES string of the molecule is CCCCCNC(=O)C(C)Oc1cc(Br)ccc1[C@@H](C)N. The Bertz CT molecular complexity index is 464. The molecule has 5 heteroatoms. The molecule has 1 rings (SSSR count). The number of hydrogen-bond donors (Lipinski definition) is 2. The van der Waals surface area contributed by atoms with Gasteiger partial charge < -0.3 is 15.8 Å². The van der Waals surface area contributed by atoms with Gasteiger partial charge in [-0.3, -0.25) is 4.79 Å². The van der Waals surface area contributed by atoms with Crippen molar-refractivity contribution in [1.82, 2.24) is 5.32 Å². The van der Waals surface area contributed by atoms with Gasteiger partial charge in [0.1, 0.15) is 5.75 Å². The minimum atomic E-state index is -0.543. The predicted octanol–water partition coefficient (Wildman–Crippen LogP) is 3.54. The van der Waals surface area contributed by atoms with Crippen molar-refractivity contribution in [2.45, 2.75) is 52.2 Å². The number of halogens is 1. The van der Waals surface area contributed by atoms with E-state index in [1.807, 2.05) is 25.1 Å². The number of carbonyl (C=O) groups excluding carboxylic acids is 1. The zero-order chi connectivity index (χ0) is 15.8. The third kappa shape index (κ3) is 6.06. The Labute approximate surface area is 135 Å². The van der Waals surface area contributed by atoms with Gasteiger partial charge in [0.15, 0.2) is 6.10 Å². The van der Waals surface area contributed by atoms with Crippen molar-refractivity contribution < 1.29 is 9.53 Å². The van der Waals surface area contributed by atoms with Gasteiger partial charge in [0.2, 0.25) is 0 Å². The molecule has 0 aliphatic carbocycles. The fourth-order valence-corrected chi connectivity index (χ4v) is 2.30. The van der Waals surface area contributed by atoms with E-state index in [0.717, 1.165) is 29.3 Å². The molecule has 0 radical (unpaired) electrons. The van der Waals surface area contributed by atoms with Crippen molar-refractivity contribution in [2.75, 3.05) is 6.54 Å². The molecule has 1 unspecified atom stereocenters. The van der Waals surface area contributed by atoms with Crippen molar-refractivity contribution in [2.24, 2.45) is 5.73 Å². The third-order valence-electron chi connectivity index (χ3n) is 3.22. The highest BCUT2D eigenvalue weighted by atomic mass is 79.9. The van der Waals surface area contributed by atoms with Crippen molar-refractivity contribution in [3.63, 3.8) is 0 Å². The first-order chi connectivity index (χ1) is 9.95. The Hall–Kier alpha value is -1.07. The monoisotopic (exact) mass is 356 g/mol. The van der Waals surface area contributed by atoms with Crippen molar-refractivity contribution in [3.8, 4) is 5.75 Å². The molecule has 0 aliphatic rings. The Balaban J connectivity index is 2.63. The molecule has 1 aromatic rings. The molecule has 0 aliphatic heterocycles. The number of carbonyl (C=O) groups is 1. The number of nitrogens with one attached hydrogen (secondary N) is 1. The Morgan fingerprint density at radius 3 is 2.71 bits per heavy atom. The molecule has 2 atom stereocenters. The van der Waals surface area contributed by atoms with Crippen molar-refractivity contribution >= 4 is 21.8 Å². The van der Waals surface area contributed by atoms with Gasteiger partial charge >= 0.3 is 0 Å². The maximum Gasteiger partial charge on any atom is 0.260 e. The van der Waals surface area contributed by atoms with Crippen LogP contribution in [0.3, 0.4) is 0 Å². The molecule has 0 saturated carbocycles. The molecule has 3 N–H and O–H groups in total. The van der Waals surface area contributed by atoms with Gasteiger partial charge in [0.25, 0.3) is 5.91 Å². The van der Waals surface area contributed by atoms with Gasteiger partial charge in [0.05, 0.1) is 0 Å². The second-order valence-electron chi connectivity index (χ2n) is 5.23. The van der Waals surface area contributed by atoms with E-state index in [-0.39, 0.29) is 11.9 Å². The zero-order valence-electron chi connectivity index (χ0n) is 13.0. The van der Waals surface area contributed by atoms with Gasteiger partial charge in [-0.2, -0.15) is 0 Å². The topological polar surface area (TPSA) is 64.3 Å². The Kier molecular flexibility index (Phi) is 7.75. The lowest BCUT2D eigenvalue weighted by atomic mass is 10.1. The molecule has 21 heavy (non-hydrogen) atoms. The number of amides is 1. The first-order valence-electron chi connectivity index (χ1n) is 7.45. The predicted molar refractivity (Wildman–Crippen MR) is 89.4 cm³/mol. The highest BCUT2D eigenvalue weighted by Gasteiger charge is 2.17. The first kappa shape index (κ1) is 18.0. The number of benzene rings is 1. The highest BCUT2D eigenvalue weighted by Crippen LogP contribution is 2.28. The second-order valence-corrected chi connectivity index (χ2v) is 6.14. The van der Waals surface area contributed by atoms with Crippen LogP contribution in [-0.4, -0.2) is 18.6 Å². The number of rotatable bonds is 8. The minimum absolute atomic E-state index is 0.0956. The maximum absolute atomic E-state index is 12.0. The second kappa shape index (κ2) is 9.05. The summed E-state index contributed by atoms with van der Waals surface area (Å²) in [5, 5.41) is 2.89. The van der Waals surface area contributed by atoms with Crippen LogP contribution >= 0.6 is 15.9 Å². The summed E-state index contributed by atoms with van der Waals surface area (Å²) in [7, 11) is 0. The summed E-state index contributed by atoms with van der Waals surface area (Å²) in [5.41, 5.74) is 6.83. The zero-order valence-corrected chi connectivity index (χ0v) is 14.6. The summed E-state index contributed by atoms with van der Waals surface area (Å²) >= 11 is 3.41. The van der Waals surface area contributed by atoms with Gasteiger partial charge in [-0.25, -0.2) is 0 Å². The lowest BCUT2D eigenvalue weighted by Crippen LogP contribution is -2.37. The molecule has 0 heterocycles. The Morgan fingerprint density at radius 2 is 2.10 bits per heavy atom. The molecule has 1 aromatic carbocycles. The quantitative estimate of drug-likeness (QED) is 0.700. The molecular weight excluding hydrogens is 332 g/mol. The standard InChI is InChI=1S/C16H25BrN2O2/c1-4-5-6-9-19-16(20)12(3)21-15-10-13(17)7-8-14(15)11(2)18/h7-8,10-12H,4-6,9,18H2,1-3H3,(H,19,20)/t11-,12?/m1/s1. The highest BCUT2D eigenvalue weighted by molar-refractivity contribution is 9.10.